The maximum atomic E-state index is 12.5. The van der Waals surface area contributed by atoms with E-state index in [1.165, 1.54) is 24.0 Å². The minimum absolute atomic E-state index is 0.00824. The van der Waals surface area contributed by atoms with Gasteiger partial charge in [0.25, 0.3) is 0 Å². The van der Waals surface area contributed by atoms with Crippen LogP contribution < -0.4 is 10.1 Å². The van der Waals surface area contributed by atoms with E-state index in [1.54, 1.807) is 7.11 Å². The number of benzene rings is 2. The number of carbonyl (C=O) groups is 1. The van der Waals surface area contributed by atoms with E-state index in [2.05, 4.69) is 30.4 Å². The van der Waals surface area contributed by atoms with Crippen LogP contribution in [0.1, 0.15) is 80.9 Å². The maximum Gasteiger partial charge on any atom is 0.410 e. The molecular formula is C34H46N2O4. The number of aliphatic hydroxyl groups is 1. The van der Waals surface area contributed by atoms with Crippen molar-refractivity contribution in [1.82, 2.24) is 10.2 Å². The highest BCUT2D eigenvalue weighted by atomic mass is 16.6. The molecule has 216 valence electrons. The number of hydrogen-bond acceptors (Lipinski definition) is 5. The van der Waals surface area contributed by atoms with Gasteiger partial charge in [0.15, 0.2) is 0 Å². The molecule has 6 nitrogen and oxygen atoms in total. The van der Waals surface area contributed by atoms with Gasteiger partial charge in [-0.3, -0.25) is 0 Å². The number of amides is 1. The lowest BCUT2D eigenvalue weighted by molar-refractivity contribution is -0.107. The molecule has 40 heavy (non-hydrogen) atoms. The van der Waals surface area contributed by atoms with Gasteiger partial charge in [-0.1, -0.05) is 43.3 Å². The van der Waals surface area contributed by atoms with Gasteiger partial charge >= 0.3 is 6.09 Å². The Kier molecular flexibility index (Phi) is 7.84. The highest BCUT2D eigenvalue weighted by Gasteiger charge is 2.61. The molecule has 4 aliphatic rings. The summed E-state index contributed by atoms with van der Waals surface area (Å²) in [6.07, 6.45) is 9.12. The molecule has 0 aromatic heterocycles. The van der Waals surface area contributed by atoms with Crippen molar-refractivity contribution in [2.24, 2.45) is 17.3 Å². The van der Waals surface area contributed by atoms with Crippen LogP contribution >= 0.6 is 0 Å². The molecule has 0 spiro atoms. The number of ether oxygens (including phenoxy) is 2. The predicted octanol–water partition coefficient (Wildman–Crippen LogP) is 6.06. The number of nitrogens with zero attached hydrogens (tertiary/aromatic N) is 1. The molecule has 1 amide bonds. The molecule has 2 aromatic rings. The fraction of sp³-hybridized carbons (Fsp3) is 0.618. The topological polar surface area (TPSA) is 71.0 Å². The second-order valence-corrected chi connectivity index (χ2v) is 13.0. The minimum atomic E-state index is -0.599. The molecule has 6 rings (SSSR count). The first-order chi connectivity index (χ1) is 19.4. The first kappa shape index (κ1) is 27.6. The molecule has 5 atom stereocenters. The number of rotatable bonds is 7. The van der Waals surface area contributed by atoms with Crippen molar-refractivity contribution >= 4 is 6.09 Å². The number of fused-ring (bicyclic) bond motifs is 5. The second-order valence-electron chi connectivity index (χ2n) is 13.0. The maximum absolute atomic E-state index is 12.5. The van der Waals surface area contributed by atoms with Gasteiger partial charge in [0, 0.05) is 19.1 Å². The molecule has 2 aromatic carbocycles. The summed E-state index contributed by atoms with van der Waals surface area (Å²) in [4.78, 5) is 14.3. The number of hydrogen-bond donors (Lipinski definition) is 2. The lowest BCUT2D eigenvalue weighted by atomic mass is 9.53. The molecule has 0 unspecified atom stereocenters. The van der Waals surface area contributed by atoms with Crippen molar-refractivity contribution in [3.8, 4) is 5.75 Å². The van der Waals surface area contributed by atoms with Crippen LogP contribution in [0, 0.1) is 17.3 Å². The molecular weight excluding hydrogens is 500 g/mol. The Hall–Kier alpha value is -2.57. The third-order valence-corrected chi connectivity index (χ3v) is 11.2. The summed E-state index contributed by atoms with van der Waals surface area (Å²) in [6.45, 7) is 4.97. The Morgan fingerprint density at radius 1 is 1.05 bits per heavy atom. The molecule has 1 saturated heterocycles. The van der Waals surface area contributed by atoms with E-state index in [4.69, 9.17) is 9.47 Å². The molecule has 0 radical (unpaired) electrons. The van der Waals surface area contributed by atoms with E-state index in [0.29, 0.717) is 43.5 Å². The monoisotopic (exact) mass is 546 g/mol. The molecule has 1 heterocycles. The van der Waals surface area contributed by atoms with Crippen LogP contribution in [0.25, 0.3) is 0 Å². The third-order valence-electron chi connectivity index (χ3n) is 11.2. The summed E-state index contributed by atoms with van der Waals surface area (Å²) in [5, 5.41) is 15.8. The van der Waals surface area contributed by atoms with Crippen molar-refractivity contribution in [2.75, 3.05) is 26.7 Å². The van der Waals surface area contributed by atoms with Crippen LogP contribution in [0.3, 0.4) is 0 Å². The summed E-state index contributed by atoms with van der Waals surface area (Å²) in [5.74, 6) is 2.86. The van der Waals surface area contributed by atoms with Crippen LogP contribution in [-0.2, 0) is 17.8 Å². The van der Waals surface area contributed by atoms with Crippen LogP contribution in [0.15, 0.2) is 48.5 Å². The predicted molar refractivity (Wildman–Crippen MR) is 156 cm³/mol. The average molecular weight is 547 g/mol. The van der Waals surface area contributed by atoms with Gasteiger partial charge < -0.3 is 24.8 Å². The van der Waals surface area contributed by atoms with Crippen molar-refractivity contribution in [2.45, 2.75) is 88.9 Å². The van der Waals surface area contributed by atoms with Crippen LogP contribution in [-0.4, -0.2) is 54.5 Å². The number of methoxy groups -OCH3 is 1. The standard InChI is InChI=1S/C34H46N2O4/c1-33-16-12-29-28-11-9-27(39-2)22-25(28)8-10-30(29)31(33)13-17-34(33,38)18-19-35-26-14-20-36(21-15-26)32(37)40-23-24-6-4-3-5-7-24/h3-7,9,11,22,26,29-31,35,38H,8,10,12-21,23H2,1-2H3/t29-,30-,31+,33+,34-/m1/s1. The highest BCUT2D eigenvalue weighted by molar-refractivity contribution is 5.67. The third kappa shape index (κ3) is 5.14. The molecule has 2 N–H and O–H groups in total. The molecule has 6 heteroatoms. The Morgan fingerprint density at radius 2 is 1.85 bits per heavy atom. The van der Waals surface area contributed by atoms with Gasteiger partial charge in [-0.15, -0.1) is 0 Å². The van der Waals surface area contributed by atoms with Gasteiger partial charge in [0.2, 0.25) is 0 Å². The van der Waals surface area contributed by atoms with E-state index in [0.717, 1.165) is 62.8 Å². The summed E-state index contributed by atoms with van der Waals surface area (Å²) >= 11 is 0. The van der Waals surface area contributed by atoms with E-state index in [9.17, 15) is 9.90 Å². The number of likely N-dealkylation sites (tertiary alicyclic amines) is 1. The zero-order chi connectivity index (χ0) is 27.7. The second kappa shape index (κ2) is 11.4. The van der Waals surface area contributed by atoms with Crippen molar-refractivity contribution in [3.05, 3.63) is 65.2 Å². The quantitative estimate of drug-likeness (QED) is 0.442. The average Bonchev–Trinajstić information content (AvgIpc) is 3.26. The van der Waals surface area contributed by atoms with Crippen LogP contribution in [0.2, 0.25) is 0 Å². The zero-order valence-electron chi connectivity index (χ0n) is 24.2. The largest absolute Gasteiger partial charge is 0.497 e. The van der Waals surface area contributed by atoms with Crippen LogP contribution in [0.5, 0.6) is 5.75 Å². The Balaban J connectivity index is 0.986. The van der Waals surface area contributed by atoms with Gasteiger partial charge in [0.1, 0.15) is 12.4 Å². The molecule has 1 aliphatic heterocycles. The van der Waals surface area contributed by atoms with E-state index in [1.807, 2.05) is 35.2 Å². The molecule has 3 aliphatic carbocycles. The highest BCUT2D eigenvalue weighted by Crippen LogP contribution is 2.65. The summed E-state index contributed by atoms with van der Waals surface area (Å²) < 4.78 is 11.0. The van der Waals surface area contributed by atoms with Gasteiger partial charge in [-0.2, -0.15) is 0 Å². The summed E-state index contributed by atoms with van der Waals surface area (Å²) in [7, 11) is 1.75. The normalized spacial score (nSPS) is 31.7. The number of aryl methyl sites for hydroxylation is 1. The number of nitrogens with one attached hydrogen (secondary N) is 1. The Labute approximate surface area is 239 Å². The molecule has 3 fully saturated rings. The fourth-order valence-electron chi connectivity index (χ4n) is 8.77. The molecule has 2 saturated carbocycles. The molecule has 0 bridgehead atoms. The van der Waals surface area contributed by atoms with Gasteiger partial charge in [-0.25, -0.2) is 4.79 Å². The summed E-state index contributed by atoms with van der Waals surface area (Å²) in [5.41, 5.74) is 3.41. The van der Waals surface area contributed by atoms with Crippen molar-refractivity contribution in [3.63, 3.8) is 0 Å². The van der Waals surface area contributed by atoms with Crippen molar-refractivity contribution in [1.29, 1.82) is 0 Å². The van der Waals surface area contributed by atoms with E-state index >= 15 is 0 Å². The fourth-order valence-corrected chi connectivity index (χ4v) is 8.77. The van der Waals surface area contributed by atoms with E-state index in [-0.39, 0.29) is 11.5 Å². The Morgan fingerprint density at radius 3 is 2.62 bits per heavy atom. The lowest BCUT2D eigenvalue weighted by Crippen LogP contribution is -2.52. The smallest absolute Gasteiger partial charge is 0.410 e. The van der Waals surface area contributed by atoms with Crippen molar-refractivity contribution < 1.29 is 19.4 Å². The number of carbonyl (C=O) groups excluding carboxylic acids is 1. The van der Waals surface area contributed by atoms with Gasteiger partial charge in [-0.05, 0) is 116 Å². The lowest BCUT2D eigenvalue weighted by Gasteiger charge is -2.53. The SMILES string of the molecule is COc1ccc2c(c1)CC[C@@H]1[C@@H]2CC[C@@]2(C)[C@H]1CC[C@@]2(O)CCNC1CCN(C(=O)OCc2ccccc2)CC1. The van der Waals surface area contributed by atoms with Gasteiger partial charge in [0.05, 0.1) is 12.7 Å². The number of piperidine rings is 1. The first-order valence-electron chi connectivity index (χ1n) is 15.5. The van der Waals surface area contributed by atoms with Crippen LogP contribution in [0.4, 0.5) is 4.79 Å². The first-order valence-corrected chi connectivity index (χ1v) is 15.5. The minimum Gasteiger partial charge on any atom is -0.497 e. The Bertz CT molecular complexity index is 1180. The summed E-state index contributed by atoms with van der Waals surface area (Å²) in [6, 6.07) is 16.9. The van der Waals surface area contributed by atoms with E-state index < -0.39 is 5.60 Å². The zero-order valence-corrected chi connectivity index (χ0v) is 24.2.